The molecule has 2 N–H and O–H groups in total. The molecular formula is C26H25N3O4S. The van der Waals surface area contributed by atoms with Crippen LogP contribution in [0, 0.1) is 17.8 Å². The van der Waals surface area contributed by atoms with Crippen molar-refractivity contribution in [3.05, 3.63) is 83.7 Å². The standard InChI is InChI=1S/C26H25N3O4S/c1-33-20-5-2-6-21(15-20)34(31,32)29-13-11-22-25(17-30)28-24-10-9-18(14-23(24)26(22)29)7-8-19-4-3-12-27-16-19/h2-6,9-10,12,14-16,22,25-26,28,30H,11,13,17H2,1H3/t22-,25+,26-/m0/s1. The van der Waals surface area contributed by atoms with Gasteiger partial charge in [-0.15, -0.1) is 0 Å². The molecule has 34 heavy (non-hydrogen) atoms. The van der Waals surface area contributed by atoms with E-state index in [0.717, 1.165) is 22.4 Å². The van der Waals surface area contributed by atoms with E-state index in [-0.39, 0.29) is 23.5 Å². The lowest BCUT2D eigenvalue weighted by atomic mass is 9.83. The fourth-order valence-corrected chi connectivity index (χ4v) is 6.55. The van der Waals surface area contributed by atoms with Gasteiger partial charge in [-0.05, 0) is 54.4 Å². The summed E-state index contributed by atoms with van der Waals surface area (Å²) >= 11 is 0. The van der Waals surface area contributed by atoms with Gasteiger partial charge in [-0.1, -0.05) is 17.9 Å². The predicted octanol–water partition coefficient (Wildman–Crippen LogP) is 3.03. The Labute approximate surface area is 199 Å². The topological polar surface area (TPSA) is 91.8 Å². The summed E-state index contributed by atoms with van der Waals surface area (Å²) in [5.41, 5.74) is 3.28. The minimum Gasteiger partial charge on any atom is -0.497 e. The van der Waals surface area contributed by atoms with Crippen LogP contribution in [0.25, 0.3) is 0 Å². The molecule has 0 radical (unpaired) electrons. The number of nitrogens with zero attached hydrogens (tertiary/aromatic N) is 2. The molecule has 1 saturated heterocycles. The number of hydrogen-bond acceptors (Lipinski definition) is 6. The number of anilines is 1. The van der Waals surface area contributed by atoms with Crippen LogP contribution >= 0.6 is 0 Å². The van der Waals surface area contributed by atoms with Crippen molar-refractivity contribution in [2.24, 2.45) is 5.92 Å². The number of sulfonamides is 1. The van der Waals surface area contributed by atoms with Gasteiger partial charge < -0.3 is 15.2 Å². The Morgan fingerprint density at radius 2 is 2.00 bits per heavy atom. The maximum Gasteiger partial charge on any atom is 0.243 e. The second-order valence-electron chi connectivity index (χ2n) is 8.42. The normalized spacial score (nSPS) is 21.5. The van der Waals surface area contributed by atoms with Gasteiger partial charge in [-0.25, -0.2) is 8.42 Å². The van der Waals surface area contributed by atoms with E-state index >= 15 is 0 Å². The Bertz CT molecular complexity index is 1370. The summed E-state index contributed by atoms with van der Waals surface area (Å²) in [6, 6.07) is 15.4. The Balaban J connectivity index is 1.56. The van der Waals surface area contributed by atoms with Crippen LogP contribution in [0.2, 0.25) is 0 Å². The van der Waals surface area contributed by atoms with Crippen molar-refractivity contribution in [2.75, 3.05) is 25.6 Å². The third-order valence-corrected chi connectivity index (χ3v) is 8.36. The molecule has 174 valence electrons. The monoisotopic (exact) mass is 475 g/mol. The summed E-state index contributed by atoms with van der Waals surface area (Å²) in [5.74, 6) is 6.71. The number of benzene rings is 2. The molecule has 0 aliphatic carbocycles. The third-order valence-electron chi connectivity index (χ3n) is 6.48. The van der Waals surface area contributed by atoms with E-state index < -0.39 is 16.1 Å². The molecule has 0 saturated carbocycles. The van der Waals surface area contributed by atoms with Crippen LogP contribution in [-0.4, -0.2) is 49.1 Å². The number of aliphatic hydroxyl groups is 1. The van der Waals surface area contributed by atoms with Gasteiger partial charge in [0.1, 0.15) is 5.75 Å². The molecule has 8 heteroatoms. The number of nitrogens with one attached hydrogen (secondary N) is 1. The Morgan fingerprint density at radius 1 is 1.15 bits per heavy atom. The first-order chi connectivity index (χ1) is 16.5. The number of pyridine rings is 1. The van der Waals surface area contributed by atoms with Gasteiger partial charge in [0.2, 0.25) is 10.0 Å². The van der Waals surface area contributed by atoms with Gasteiger partial charge in [0.25, 0.3) is 0 Å². The van der Waals surface area contributed by atoms with Gasteiger partial charge in [0.05, 0.1) is 30.7 Å². The fraction of sp³-hybridized carbons (Fsp3) is 0.269. The minimum atomic E-state index is -3.78. The Kier molecular flexibility index (Phi) is 6.00. The first-order valence-electron chi connectivity index (χ1n) is 11.1. The van der Waals surface area contributed by atoms with Gasteiger partial charge in [0.15, 0.2) is 0 Å². The van der Waals surface area contributed by atoms with Crippen molar-refractivity contribution in [2.45, 2.75) is 23.4 Å². The second-order valence-corrected chi connectivity index (χ2v) is 10.3. The third kappa shape index (κ3) is 4.03. The summed E-state index contributed by atoms with van der Waals surface area (Å²) in [7, 11) is -2.27. The number of methoxy groups -OCH3 is 1. The van der Waals surface area contributed by atoms with E-state index in [9.17, 15) is 13.5 Å². The Morgan fingerprint density at radius 3 is 2.76 bits per heavy atom. The maximum absolute atomic E-state index is 13.7. The van der Waals surface area contributed by atoms with E-state index in [1.165, 1.54) is 7.11 Å². The summed E-state index contributed by atoms with van der Waals surface area (Å²) in [6.07, 6.45) is 4.05. The lowest BCUT2D eigenvalue weighted by molar-refractivity contribution is 0.210. The van der Waals surface area contributed by atoms with Gasteiger partial charge in [-0.3, -0.25) is 4.98 Å². The van der Waals surface area contributed by atoms with Crippen LogP contribution in [0.5, 0.6) is 5.75 Å². The largest absolute Gasteiger partial charge is 0.497 e. The molecule has 3 atom stereocenters. The molecule has 3 aromatic rings. The van der Waals surface area contributed by atoms with Crippen molar-refractivity contribution in [1.29, 1.82) is 0 Å². The molecule has 0 amide bonds. The van der Waals surface area contributed by atoms with Crippen LogP contribution < -0.4 is 10.1 Å². The SMILES string of the molecule is COc1cccc(S(=O)(=O)N2CC[C@@H]3[C@H]2c2cc(C#Cc4cccnc4)ccc2N[C@@H]3CO)c1. The molecule has 1 fully saturated rings. The van der Waals surface area contributed by atoms with Crippen LogP contribution in [-0.2, 0) is 10.0 Å². The highest BCUT2D eigenvalue weighted by Crippen LogP contribution is 2.48. The molecule has 7 nitrogen and oxygen atoms in total. The molecule has 0 unspecified atom stereocenters. The summed E-state index contributed by atoms with van der Waals surface area (Å²) in [5, 5.41) is 13.4. The van der Waals surface area contributed by atoms with E-state index in [0.29, 0.717) is 18.7 Å². The zero-order valence-electron chi connectivity index (χ0n) is 18.7. The number of rotatable bonds is 4. The lowest BCUT2D eigenvalue weighted by Gasteiger charge is -2.38. The summed E-state index contributed by atoms with van der Waals surface area (Å²) in [4.78, 5) is 4.28. The quantitative estimate of drug-likeness (QED) is 0.564. The van der Waals surface area contributed by atoms with Crippen LogP contribution in [0.4, 0.5) is 5.69 Å². The molecule has 0 spiro atoms. The van der Waals surface area contributed by atoms with Gasteiger partial charge >= 0.3 is 0 Å². The molecule has 2 aliphatic rings. The first-order valence-corrected chi connectivity index (χ1v) is 12.5. The summed E-state index contributed by atoms with van der Waals surface area (Å²) < 4.78 is 34.2. The lowest BCUT2D eigenvalue weighted by Crippen LogP contribution is -2.42. The number of ether oxygens (including phenoxy) is 1. The average Bonchev–Trinajstić information content (AvgIpc) is 3.34. The smallest absolute Gasteiger partial charge is 0.243 e. The van der Waals surface area contributed by atoms with Crippen LogP contribution in [0.15, 0.2) is 71.9 Å². The van der Waals surface area contributed by atoms with Crippen molar-refractivity contribution in [3.8, 4) is 17.6 Å². The molecule has 1 aromatic heterocycles. The molecule has 2 aromatic carbocycles. The molecule has 0 bridgehead atoms. The zero-order valence-corrected chi connectivity index (χ0v) is 19.5. The van der Waals surface area contributed by atoms with Crippen molar-refractivity contribution < 1.29 is 18.3 Å². The van der Waals surface area contributed by atoms with E-state index in [1.807, 2.05) is 30.3 Å². The highest BCUT2D eigenvalue weighted by molar-refractivity contribution is 7.89. The molecule has 3 heterocycles. The van der Waals surface area contributed by atoms with E-state index in [4.69, 9.17) is 4.74 Å². The maximum atomic E-state index is 13.7. The highest BCUT2D eigenvalue weighted by atomic mass is 32.2. The van der Waals surface area contributed by atoms with Gasteiger partial charge in [0, 0.05) is 47.7 Å². The van der Waals surface area contributed by atoms with E-state index in [1.54, 1.807) is 41.0 Å². The number of aromatic nitrogens is 1. The van der Waals surface area contributed by atoms with Crippen molar-refractivity contribution in [3.63, 3.8) is 0 Å². The fourth-order valence-electron chi connectivity index (χ4n) is 4.85. The van der Waals surface area contributed by atoms with Gasteiger partial charge in [-0.2, -0.15) is 4.31 Å². The predicted molar refractivity (Wildman–Crippen MR) is 129 cm³/mol. The molecular weight excluding hydrogens is 450 g/mol. The van der Waals surface area contributed by atoms with Crippen molar-refractivity contribution in [1.82, 2.24) is 9.29 Å². The molecule has 5 rings (SSSR count). The second kappa shape index (κ2) is 9.11. The average molecular weight is 476 g/mol. The number of aliphatic hydroxyl groups excluding tert-OH is 1. The highest BCUT2D eigenvalue weighted by Gasteiger charge is 2.48. The number of hydrogen-bond donors (Lipinski definition) is 2. The number of fused-ring (bicyclic) bond motifs is 3. The van der Waals surface area contributed by atoms with Crippen molar-refractivity contribution >= 4 is 15.7 Å². The first kappa shape index (κ1) is 22.4. The van der Waals surface area contributed by atoms with Crippen LogP contribution in [0.1, 0.15) is 29.2 Å². The summed E-state index contributed by atoms with van der Waals surface area (Å²) in [6.45, 7) is 0.300. The van der Waals surface area contributed by atoms with Crippen LogP contribution in [0.3, 0.4) is 0 Å². The molecule has 2 aliphatic heterocycles. The zero-order chi connectivity index (χ0) is 23.7. The Hall–Kier alpha value is -3.38. The minimum absolute atomic E-state index is 0.0561. The van der Waals surface area contributed by atoms with E-state index in [2.05, 4.69) is 22.1 Å².